The Hall–Kier alpha value is -1.66. The molecule has 22 heavy (non-hydrogen) atoms. The van der Waals surface area contributed by atoms with Crippen LogP contribution in [0.15, 0.2) is 33.5 Å². The summed E-state index contributed by atoms with van der Waals surface area (Å²) >= 11 is 3.39. The van der Waals surface area contributed by atoms with Gasteiger partial charge in [0.05, 0.1) is 16.6 Å². The number of amides is 1. The minimum atomic E-state index is -0.446. The first-order valence-electron chi connectivity index (χ1n) is 7.30. The number of hydrogen-bond donors (Lipinski definition) is 3. The molecule has 0 atom stereocenters. The second-order valence-electron chi connectivity index (χ2n) is 5.36. The third kappa shape index (κ3) is 3.08. The van der Waals surface area contributed by atoms with Crippen LogP contribution in [-0.4, -0.2) is 23.0 Å². The summed E-state index contributed by atoms with van der Waals surface area (Å²) in [6.07, 6.45) is 1.47. The zero-order valence-electron chi connectivity index (χ0n) is 12.7. The van der Waals surface area contributed by atoms with Gasteiger partial charge in [-0.25, -0.2) is 0 Å². The van der Waals surface area contributed by atoms with Crippen LogP contribution in [0, 0.1) is 0 Å². The molecule has 6 heteroatoms. The maximum atomic E-state index is 12.7. The first-order chi connectivity index (χ1) is 10.5. The normalized spacial score (nSPS) is 11.6. The first-order valence-corrected chi connectivity index (χ1v) is 8.09. The molecule has 0 radical (unpaired) electrons. The highest BCUT2D eigenvalue weighted by atomic mass is 79.9. The van der Waals surface area contributed by atoms with Crippen molar-refractivity contribution in [3.8, 4) is 0 Å². The van der Waals surface area contributed by atoms with Crippen molar-refractivity contribution >= 4 is 32.7 Å². The minimum absolute atomic E-state index is 0.275. The van der Waals surface area contributed by atoms with E-state index in [0.29, 0.717) is 23.0 Å². The van der Waals surface area contributed by atoms with E-state index < -0.39 is 5.54 Å². The average Bonchev–Trinajstić information content (AvgIpc) is 2.53. The van der Waals surface area contributed by atoms with Crippen molar-refractivity contribution in [3.63, 3.8) is 0 Å². The van der Waals surface area contributed by atoms with Gasteiger partial charge in [-0.15, -0.1) is 0 Å². The second-order valence-corrected chi connectivity index (χ2v) is 6.21. The fraction of sp³-hybridized carbons (Fsp3) is 0.375. The van der Waals surface area contributed by atoms with E-state index in [9.17, 15) is 9.59 Å². The molecule has 0 fully saturated rings. The predicted octanol–water partition coefficient (Wildman–Crippen LogP) is 2.54. The van der Waals surface area contributed by atoms with Gasteiger partial charge < -0.3 is 16.0 Å². The highest BCUT2D eigenvalue weighted by Gasteiger charge is 2.27. The van der Waals surface area contributed by atoms with Crippen LogP contribution >= 0.6 is 15.9 Å². The van der Waals surface area contributed by atoms with Crippen LogP contribution in [0.25, 0.3) is 10.9 Å². The molecular formula is C16H20BrN3O2. The zero-order valence-corrected chi connectivity index (χ0v) is 14.3. The number of nitrogens with two attached hydrogens (primary N) is 1. The molecule has 0 aliphatic heterocycles. The summed E-state index contributed by atoms with van der Waals surface area (Å²) in [5, 5.41) is 3.70. The summed E-state index contributed by atoms with van der Waals surface area (Å²) < 4.78 is 0.743. The van der Waals surface area contributed by atoms with E-state index in [1.54, 1.807) is 0 Å². The molecule has 0 saturated heterocycles. The molecule has 2 aromatic rings. The summed E-state index contributed by atoms with van der Waals surface area (Å²) in [5.41, 5.74) is 6.05. The van der Waals surface area contributed by atoms with Gasteiger partial charge in [-0.2, -0.15) is 0 Å². The molecule has 0 unspecified atom stereocenters. The van der Waals surface area contributed by atoms with Gasteiger partial charge in [-0.05, 0) is 34.8 Å². The van der Waals surface area contributed by atoms with Crippen molar-refractivity contribution < 1.29 is 4.79 Å². The van der Waals surface area contributed by atoms with Crippen molar-refractivity contribution in [1.82, 2.24) is 10.3 Å². The summed E-state index contributed by atoms with van der Waals surface area (Å²) in [6, 6.07) is 6.79. The minimum Gasteiger partial charge on any atom is -0.345 e. The Bertz CT molecular complexity index is 742. The number of carbonyl (C=O) groups excluding carboxylic acids is 1. The molecule has 0 bridgehead atoms. The van der Waals surface area contributed by atoms with Crippen LogP contribution in [0.1, 0.15) is 37.0 Å². The molecule has 4 N–H and O–H groups in total. The van der Waals surface area contributed by atoms with E-state index in [0.717, 1.165) is 17.3 Å². The summed E-state index contributed by atoms with van der Waals surface area (Å²) in [5.74, 6) is -0.275. The molecular weight excluding hydrogens is 346 g/mol. The number of hydrogen-bond acceptors (Lipinski definition) is 3. The Balaban J connectivity index is 2.53. The Labute approximate surface area is 137 Å². The van der Waals surface area contributed by atoms with Gasteiger partial charge in [0.25, 0.3) is 5.91 Å². The van der Waals surface area contributed by atoms with Crippen molar-refractivity contribution in [1.29, 1.82) is 0 Å². The van der Waals surface area contributed by atoms with Crippen molar-refractivity contribution in [2.75, 3.05) is 6.54 Å². The van der Waals surface area contributed by atoms with Gasteiger partial charge in [-0.1, -0.05) is 26.0 Å². The van der Waals surface area contributed by atoms with Crippen LogP contribution in [-0.2, 0) is 0 Å². The quantitative estimate of drug-likeness (QED) is 0.760. The van der Waals surface area contributed by atoms with Gasteiger partial charge in [0.2, 0.25) is 5.56 Å². The van der Waals surface area contributed by atoms with Crippen molar-refractivity contribution in [2.45, 2.75) is 32.2 Å². The number of pyridine rings is 1. The Kier molecular flexibility index (Phi) is 5.03. The second kappa shape index (κ2) is 6.62. The zero-order chi connectivity index (χ0) is 16.3. The number of benzene rings is 1. The molecule has 1 amide bonds. The number of nitrogens with one attached hydrogen (secondary N) is 2. The standard InChI is InChI=1S/C16H20BrN3O2/c1-3-16(4-2,9-18)20-15(22)11-8-13(21)19-14-10(11)6-5-7-12(14)17/h5-8H,3-4,9,18H2,1-2H3,(H,19,21)(H,20,22). The monoisotopic (exact) mass is 365 g/mol. The number of aromatic amines is 1. The van der Waals surface area contributed by atoms with E-state index in [4.69, 9.17) is 5.73 Å². The molecule has 0 aliphatic rings. The van der Waals surface area contributed by atoms with E-state index in [2.05, 4.69) is 26.2 Å². The summed E-state index contributed by atoms with van der Waals surface area (Å²) in [7, 11) is 0. The Morgan fingerprint density at radius 3 is 2.64 bits per heavy atom. The van der Waals surface area contributed by atoms with Crippen LogP contribution in [0.4, 0.5) is 0 Å². The fourth-order valence-corrected chi connectivity index (χ4v) is 2.97. The lowest BCUT2D eigenvalue weighted by Gasteiger charge is -2.31. The molecule has 0 aliphatic carbocycles. The molecule has 1 aromatic carbocycles. The van der Waals surface area contributed by atoms with Crippen LogP contribution in [0.2, 0.25) is 0 Å². The molecule has 0 spiro atoms. The lowest BCUT2D eigenvalue weighted by atomic mass is 9.92. The smallest absolute Gasteiger partial charge is 0.252 e. The molecule has 118 valence electrons. The maximum Gasteiger partial charge on any atom is 0.252 e. The Morgan fingerprint density at radius 2 is 2.05 bits per heavy atom. The van der Waals surface area contributed by atoms with E-state index in [1.807, 2.05) is 32.0 Å². The maximum absolute atomic E-state index is 12.7. The number of aromatic nitrogens is 1. The molecule has 1 aromatic heterocycles. The third-order valence-corrected chi connectivity index (χ3v) is 4.86. The third-order valence-electron chi connectivity index (χ3n) is 4.20. The Morgan fingerprint density at radius 1 is 1.36 bits per heavy atom. The SMILES string of the molecule is CCC(CC)(CN)NC(=O)c1cc(=O)[nH]c2c(Br)cccc12. The van der Waals surface area contributed by atoms with Gasteiger partial charge in [0.1, 0.15) is 0 Å². The number of para-hydroxylation sites is 1. The summed E-state index contributed by atoms with van der Waals surface area (Å²) in [4.78, 5) is 27.3. The van der Waals surface area contributed by atoms with Crippen LogP contribution < -0.4 is 16.6 Å². The lowest BCUT2D eigenvalue weighted by Crippen LogP contribution is -2.53. The number of fused-ring (bicyclic) bond motifs is 1. The largest absolute Gasteiger partial charge is 0.345 e. The molecule has 1 heterocycles. The lowest BCUT2D eigenvalue weighted by molar-refractivity contribution is 0.0897. The number of rotatable bonds is 5. The highest BCUT2D eigenvalue weighted by molar-refractivity contribution is 9.10. The first kappa shape index (κ1) is 16.7. The highest BCUT2D eigenvalue weighted by Crippen LogP contribution is 2.24. The van der Waals surface area contributed by atoms with E-state index >= 15 is 0 Å². The summed E-state index contributed by atoms with van der Waals surface area (Å²) in [6.45, 7) is 4.34. The van der Waals surface area contributed by atoms with Gasteiger partial charge in [0.15, 0.2) is 0 Å². The predicted molar refractivity (Wildman–Crippen MR) is 92.1 cm³/mol. The average molecular weight is 366 g/mol. The number of H-pyrrole nitrogens is 1. The van der Waals surface area contributed by atoms with Crippen LogP contribution in [0.5, 0.6) is 0 Å². The van der Waals surface area contributed by atoms with Crippen LogP contribution in [0.3, 0.4) is 0 Å². The van der Waals surface area contributed by atoms with Gasteiger partial charge in [-0.3, -0.25) is 9.59 Å². The number of halogens is 1. The molecule has 0 saturated carbocycles. The fourth-order valence-electron chi connectivity index (χ4n) is 2.51. The van der Waals surface area contributed by atoms with E-state index in [1.165, 1.54) is 6.07 Å². The van der Waals surface area contributed by atoms with E-state index in [-0.39, 0.29) is 11.5 Å². The van der Waals surface area contributed by atoms with Gasteiger partial charge >= 0.3 is 0 Å². The molecule has 5 nitrogen and oxygen atoms in total. The van der Waals surface area contributed by atoms with Crippen molar-refractivity contribution in [3.05, 3.63) is 44.7 Å². The molecule has 2 rings (SSSR count). The van der Waals surface area contributed by atoms with Crippen molar-refractivity contribution in [2.24, 2.45) is 5.73 Å². The van der Waals surface area contributed by atoms with Gasteiger partial charge in [0, 0.05) is 22.5 Å². The number of carbonyl (C=O) groups is 1. The topological polar surface area (TPSA) is 88.0 Å².